The molecule has 0 amide bonds. The molecule has 0 bridgehead atoms. The zero-order valence-corrected chi connectivity index (χ0v) is 9.18. The predicted molar refractivity (Wildman–Crippen MR) is 65.8 cm³/mol. The van der Waals surface area contributed by atoms with Gasteiger partial charge >= 0.3 is 0 Å². The summed E-state index contributed by atoms with van der Waals surface area (Å²) in [6, 6.07) is 16.9. The molecule has 0 heterocycles. The Kier molecular flexibility index (Phi) is 3.33. The van der Waals surface area contributed by atoms with Crippen LogP contribution in [0.1, 0.15) is 11.1 Å². The molecule has 2 heteroatoms. The van der Waals surface area contributed by atoms with Crippen LogP contribution in [0.3, 0.4) is 0 Å². The molecule has 0 unspecified atom stereocenters. The lowest BCUT2D eigenvalue weighted by atomic mass is 10.1. The standard InChI is InChI=1S/C15H12F2/c16-15(17,14-9-5-2-6-10-14)12-11-13-7-3-1-4-8-13/h1-12H/b12-11+. The Balaban J connectivity index is 2.21. The van der Waals surface area contributed by atoms with E-state index in [1.54, 1.807) is 30.3 Å². The Morgan fingerprint density at radius 3 is 1.88 bits per heavy atom. The van der Waals surface area contributed by atoms with Crippen LogP contribution in [0.2, 0.25) is 0 Å². The van der Waals surface area contributed by atoms with Crippen molar-refractivity contribution in [2.75, 3.05) is 0 Å². The molecule has 0 aliphatic heterocycles. The predicted octanol–water partition coefficient (Wildman–Crippen LogP) is 4.49. The van der Waals surface area contributed by atoms with E-state index < -0.39 is 5.92 Å². The Bertz CT molecular complexity index is 487. The van der Waals surface area contributed by atoms with Crippen molar-refractivity contribution < 1.29 is 8.78 Å². The molecule has 17 heavy (non-hydrogen) atoms. The summed E-state index contributed by atoms with van der Waals surface area (Å²) in [6.07, 6.45) is 2.37. The second-order valence-corrected chi connectivity index (χ2v) is 3.73. The van der Waals surface area contributed by atoms with Gasteiger partial charge in [0.2, 0.25) is 0 Å². The first-order chi connectivity index (χ1) is 8.18. The molecule has 0 radical (unpaired) electrons. The van der Waals surface area contributed by atoms with Crippen LogP contribution in [-0.2, 0) is 5.92 Å². The van der Waals surface area contributed by atoms with E-state index in [1.165, 1.54) is 18.2 Å². The summed E-state index contributed by atoms with van der Waals surface area (Å²) in [5.74, 6) is -2.93. The monoisotopic (exact) mass is 230 g/mol. The van der Waals surface area contributed by atoms with E-state index in [-0.39, 0.29) is 5.56 Å². The highest BCUT2D eigenvalue weighted by molar-refractivity contribution is 5.50. The first-order valence-corrected chi connectivity index (χ1v) is 5.36. The van der Waals surface area contributed by atoms with Crippen molar-refractivity contribution in [1.82, 2.24) is 0 Å². The molecular weight excluding hydrogens is 218 g/mol. The van der Waals surface area contributed by atoms with Gasteiger partial charge < -0.3 is 0 Å². The fraction of sp³-hybridized carbons (Fsp3) is 0.0667. The number of benzene rings is 2. The maximum absolute atomic E-state index is 13.8. The van der Waals surface area contributed by atoms with Crippen LogP contribution in [-0.4, -0.2) is 0 Å². The van der Waals surface area contributed by atoms with Crippen LogP contribution >= 0.6 is 0 Å². The highest BCUT2D eigenvalue weighted by Crippen LogP contribution is 2.29. The first-order valence-electron chi connectivity index (χ1n) is 5.36. The van der Waals surface area contributed by atoms with Gasteiger partial charge in [-0.05, 0) is 11.6 Å². The van der Waals surface area contributed by atoms with E-state index in [0.29, 0.717) is 0 Å². The molecule has 2 aromatic carbocycles. The molecule has 0 nitrogen and oxygen atoms in total. The van der Waals surface area contributed by atoms with E-state index in [9.17, 15) is 8.78 Å². The molecule has 86 valence electrons. The highest BCUT2D eigenvalue weighted by Gasteiger charge is 2.27. The Morgan fingerprint density at radius 1 is 0.765 bits per heavy atom. The lowest BCUT2D eigenvalue weighted by Crippen LogP contribution is -2.08. The largest absolute Gasteiger partial charge is 0.292 e. The maximum atomic E-state index is 13.8. The van der Waals surface area contributed by atoms with Gasteiger partial charge in [-0.15, -0.1) is 0 Å². The summed E-state index contributed by atoms with van der Waals surface area (Å²) >= 11 is 0. The number of allylic oxidation sites excluding steroid dienone is 1. The molecule has 0 aliphatic carbocycles. The van der Waals surface area contributed by atoms with Crippen LogP contribution in [0.25, 0.3) is 6.08 Å². The van der Waals surface area contributed by atoms with E-state index in [2.05, 4.69) is 0 Å². The number of halogens is 2. The molecule has 0 saturated carbocycles. The molecule has 0 spiro atoms. The van der Waals surface area contributed by atoms with Crippen molar-refractivity contribution in [3.63, 3.8) is 0 Å². The number of hydrogen-bond acceptors (Lipinski definition) is 0. The lowest BCUT2D eigenvalue weighted by Gasteiger charge is -2.11. The van der Waals surface area contributed by atoms with Gasteiger partial charge in [0.25, 0.3) is 5.92 Å². The Labute approximate surface area is 99.2 Å². The third-order valence-corrected chi connectivity index (χ3v) is 2.44. The molecular formula is C15H12F2. The molecule has 0 N–H and O–H groups in total. The maximum Gasteiger partial charge on any atom is 0.292 e. The minimum Gasteiger partial charge on any atom is -0.197 e. The van der Waals surface area contributed by atoms with Gasteiger partial charge in [-0.3, -0.25) is 0 Å². The molecule has 0 fully saturated rings. The fourth-order valence-corrected chi connectivity index (χ4v) is 1.52. The van der Waals surface area contributed by atoms with Crippen molar-refractivity contribution in [2.24, 2.45) is 0 Å². The van der Waals surface area contributed by atoms with Gasteiger partial charge in [-0.1, -0.05) is 66.7 Å². The molecule has 2 rings (SSSR count). The van der Waals surface area contributed by atoms with E-state index in [1.807, 2.05) is 18.2 Å². The normalized spacial score (nSPS) is 11.9. The van der Waals surface area contributed by atoms with E-state index >= 15 is 0 Å². The zero-order valence-electron chi connectivity index (χ0n) is 9.18. The fourth-order valence-electron chi connectivity index (χ4n) is 1.52. The van der Waals surface area contributed by atoms with Gasteiger partial charge in [-0.2, -0.15) is 8.78 Å². The number of hydrogen-bond donors (Lipinski definition) is 0. The molecule has 0 saturated heterocycles. The second kappa shape index (κ2) is 4.91. The highest BCUT2D eigenvalue weighted by atomic mass is 19.3. The van der Waals surface area contributed by atoms with Crippen LogP contribution in [0.15, 0.2) is 66.7 Å². The van der Waals surface area contributed by atoms with Gasteiger partial charge in [-0.25, -0.2) is 0 Å². The smallest absolute Gasteiger partial charge is 0.197 e. The Hall–Kier alpha value is -1.96. The van der Waals surface area contributed by atoms with Crippen LogP contribution in [0.5, 0.6) is 0 Å². The van der Waals surface area contributed by atoms with Crippen molar-refractivity contribution in [3.05, 3.63) is 77.9 Å². The van der Waals surface area contributed by atoms with Crippen molar-refractivity contribution >= 4 is 6.08 Å². The van der Waals surface area contributed by atoms with Crippen LogP contribution in [0.4, 0.5) is 8.78 Å². The lowest BCUT2D eigenvalue weighted by molar-refractivity contribution is 0.0531. The zero-order chi connectivity index (χ0) is 12.1. The summed E-state index contributed by atoms with van der Waals surface area (Å²) in [5.41, 5.74) is 0.773. The van der Waals surface area contributed by atoms with Crippen molar-refractivity contribution in [1.29, 1.82) is 0 Å². The average molecular weight is 230 g/mol. The SMILES string of the molecule is FC(F)(/C=C/c1ccccc1)c1ccccc1. The van der Waals surface area contributed by atoms with Gasteiger partial charge in [0.1, 0.15) is 0 Å². The summed E-state index contributed by atoms with van der Waals surface area (Å²) in [6.45, 7) is 0. The van der Waals surface area contributed by atoms with E-state index in [0.717, 1.165) is 11.6 Å². The average Bonchev–Trinajstić information content (AvgIpc) is 2.39. The Morgan fingerprint density at radius 2 is 1.29 bits per heavy atom. The van der Waals surface area contributed by atoms with Crippen LogP contribution in [0, 0.1) is 0 Å². The number of rotatable bonds is 3. The molecule has 0 aromatic heterocycles. The second-order valence-electron chi connectivity index (χ2n) is 3.73. The topological polar surface area (TPSA) is 0 Å². The minimum atomic E-state index is -2.93. The van der Waals surface area contributed by atoms with Crippen molar-refractivity contribution in [3.8, 4) is 0 Å². The molecule has 0 atom stereocenters. The van der Waals surface area contributed by atoms with Crippen molar-refractivity contribution in [2.45, 2.75) is 5.92 Å². The summed E-state index contributed by atoms with van der Waals surface area (Å²) in [5, 5.41) is 0. The molecule has 0 aliphatic rings. The number of alkyl halides is 2. The minimum absolute atomic E-state index is 0.00665. The summed E-state index contributed by atoms with van der Waals surface area (Å²) in [7, 11) is 0. The quantitative estimate of drug-likeness (QED) is 0.728. The van der Waals surface area contributed by atoms with Crippen LogP contribution < -0.4 is 0 Å². The summed E-state index contributed by atoms with van der Waals surface area (Å²) < 4.78 is 27.5. The third-order valence-electron chi connectivity index (χ3n) is 2.44. The molecule has 2 aromatic rings. The van der Waals surface area contributed by atoms with Gasteiger partial charge in [0.05, 0.1) is 0 Å². The van der Waals surface area contributed by atoms with E-state index in [4.69, 9.17) is 0 Å². The van der Waals surface area contributed by atoms with Gasteiger partial charge in [0, 0.05) is 5.56 Å². The third kappa shape index (κ3) is 3.00. The van der Waals surface area contributed by atoms with Gasteiger partial charge in [0.15, 0.2) is 0 Å². The first kappa shape index (κ1) is 11.5. The summed E-state index contributed by atoms with van der Waals surface area (Å²) in [4.78, 5) is 0.